The molecule has 38 heavy (non-hydrogen) atoms. The summed E-state index contributed by atoms with van der Waals surface area (Å²) in [5, 5.41) is 35.6. The van der Waals surface area contributed by atoms with E-state index in [-0.39, 0.29) is 12.8 Å². The molecule has 1 heterocycles. The number of aromatic nitrogens is 1. The van der Waals surface area contributed by atoms with Gasteiger partial charge in [-0.2, -0.15) is 0 Å². The number of benzene rings is 1. The lowest BCUT2D eigenvalue weighted by Crippen LogP contribution is -2.58. The van der Waals surface area contributed by atoms with E-state index in [1.54, 1.807) is 6.20 Å². The van der Waals surface area contributed by atoms with E-state index in [9.17, 15) is 34.2 Å². The predicted octanol–water partition coefficient (Wildman–Crippen LogP) is -1.83. The molecule has 4 atom stereocenters. The lowest BCUT2D eigenvalue weighted by molar-refractivity contribution is -0.147. The van der Waals surface area contributed by atoms with Crippen LogP contribution in [0.3, 0.4) is 0 Å². The number of hydrogen-bond acceptors (Lipinski definition) is 8. The van der Waals surface area contributed by atoms with Crippen molar-refractivity contribution >= 4 is 40.6 Å². The predicted molar refractivity (Wildman–Crippen MR) is 136 cm³/mol. The maximum atomic E-state index is 12.8. The van der Waals surface area contributed by atoms with Crippen LogP contribution in [-0.2, 0) is 30.4 Å². The zero-order valence-corrected chi connectivity index (χ0v) is 20.7. The average molecular weight is 535 g/mol. The second-order valence-corrected chi connectivity index (χ2v) is 8.76. The second-order valence-electron chi connectivity index (χ2n) is 8.76. The highest BCUT2D eigenvalue weighted by molar-refractivity contribution is 5.95. The summed E-state index contributed by atoms with van der Waals surface area (Å²) in [6, 6.07) is 1.96. The van der Waals surface area contributed by atoms with E-state index in [1.807, 2.05) is 24.3 Å². The molecule has 1 aromatic heterocycles. The highest BCUT2D eigenvalue weighted by Gasteiger charge is 2.31. The highest BCUT2D eigenvalue weighted by Crippen LogP contribution is 2.18. The van der Waals surface area contributed by atoms with E-state index >= 15 is 0 Å². The Kier molecular flexibility index (Phi) is 11.7. The van der Waals surface area contributed by atoms with E-state index in [0.717, 1.165) is 16.5 Å². The first-order valence-corrected chi connectivity index (χ1v) is 12.0. The molecular formula is C24H34N6O8. The van der Waals surface area contributed by atoms with Crippen molar-refractivity contribution in [2.24, 2.45) is 11.5 Å². The van der Waals surface area contributed by atoms with Crippen molar-refractivity contribution in [3.63, 3.8) is 0 Å². The average Bonchev–Trinajstić information content (AvgIpc) is 3.28. The number of amides is 3. The zero-order valence-electron chi connectivity index (χ0n) is 20.7. The smallest absolute Gasteiger partial charge is 0.326 e. The zero-order chi connectivity index (χ0) is 28.2. The van der Waals surface area contributed by atoms with Crippen LogP contribution in [0.4, 0.5) is 0 Å². The van der Waals surface area contributed by atoms with E-state index in [2.05, 4.69) is 20.9 Å². The molecule has 0 aliphatic heterocycles. The topological polar surface area (TPSA) is 250 Å². The number of unbranched alkanes of at least 4 members (excludes halogenated alkanes) is 1. The molecule has 0 saturated heterocycles. The minimum atomic E-state index is -1.72. The fraction of sp³-hybridized carbons (Fsp3) is 0.458. The van der Waals surface area contributed by atoms with Crippen LogP contribution in [-0.4, -0.2) is 87.3 Å². The largest absolute Gasteiger partial charge is 0.481 e. The van der Waals surface area contributed by atoms with Gasteiger partial charge in [0.15, 0.2) is 0 Å². The summed E-state index contributed by atoms with van der Waals surface area (Å²) in [5.74, 6) is -5.53. The Hall–Kier alpha value is -4.01. The Morgan fingerprint density at radius 1 is 0.895 bits per heavy atom. The first-order valence-electron chi connectivity index (χ1n) is 12.0. The van der Waals surface area contributed by atoms with Gasteiger partial charge in [-0.3, -0.25) is 19.2 Å². The number of nitrogens with one attached hydrogen (secondary N) is 4. The van der Waals surface area contributed by atoms with Crippen molar-refractivity contribution in [1.82, 2.24) is 20.9 Å². The number of carbonyl (C=O) groups is 5. The van der Waals surface area contributed by atoms with Gasteiger partial charge in [0.25, 0.3) is 0 Å². The lowest BCUT2D eigenvalue weighted by atomic mass is 10.0. The number of aromatic amines is 1. The number of nitrogens with two attached hydrogens (primary N) is 2. The van der Waals surface area contributed by atoms with Gasteiger partial charge in [0.05, 0.1) is 19.1 Å². The van der Waals surface area contributed by atoms with Crippen LogP contribution in [0.15, 0.2) is 30.5 Å². The number of aliphatic carboxylic acids is 2. The molecule has 2 rings (SSSR count). The van der Waals surface area contributed by atoms with Crippen molar-refractivity contribution in [3.05, 3.63) is 36.0 Å². The molecule has 2 aromatic rings. The summed E-state index contributed by atoms with van der Waals surface area (Å²) < 4.78 is 0. The number of rotatable bonds is 16. The first-order chi connectivity index (χ1) is 18.1. The van der Waals surface area contributed by atoms with Crippen LogP contribution in [0.5, 0.6) is 0 Å². The third-order valence-corrected chi connectivity index (χ3v) is 5.84. The molecule has 0 spiro atoms. The quantitative estimate of drug-likeness (QED) is 0.109. The molecule has 4 unspecified atom stereocenters. The molecule has 14 heteroatoms. The number of carboxylic acid groups (broad SMARTS) is 2. The molecule has 208 valence electrons. The lowest BCUT2D eigenvalue weighted by Gasteiger charge is -2.24. The van der Waals surface area contributed by atoms with Crippen molar-refractivity contribution in [3.8, 4) is 0 Å². The Morgan fingerprint density at radius 3 is 2.16 bits per heavy atom. The third-order valence-electron chi connectivity index (χ3n) is 5.84. The number of hydrogen-bond donors (Lipinski definition) is 9. The number of aliphatic hydroxyl groups excluding tert-OH is 1. The van der Waals surface area contributed by atoms with Crippen LogP contribution < -0.4 is 27.4 Å². The Morgan fingerprint density at radius 2 is 1.53 bits per heavy atom. The fourth-order valence-electron chi connectivity index (χ4n) is 3.78. The summed E-state index contributed by atoms with van der Waals surface area (Å²) in [4.78, 5) is 63.5. The van der Waals surface area contributed by atoms with Crippen LogP contribution in [0.2, 0.25) is 0 Å². The van der Waals surface area contributed by atoms with Gasteiger partial charge in [0.1, 0.15) is 18.1 Å². The van der Waals surface area contributed by atoms with Crippen molar-refractivity contribution in [2.45, 2.75) is 56.3 Å². The van der Waals surface area contributed by atoms with Crippen molar-refractivity contribution < 1.29 is 39.3 Å². The molecule has 1 aromatic carbocycles. The SMILES string of the molecule is NCCCCC(NC(=O)C(CO)NC(=O)C(N)Cc1c[nH]c2ccccc12)C(=O)NC(CC(=O)O)C(=O)O. The minimum absolute atomic E-state index is 0.0559. The van der Waals surface area contributed by atoms with Gasteiger partial charge in [-0.15, -0.1) is 0 Å². The monoisotopic (exact) mass is 534 g/mol. The van der Waals surface area contributed by atoms with E-state index < -0.39 is 66.9 Å². The molecule has 0 bridgehead atoms. The first kappa shape index (κ1) is 30.2. The van der Waals surface area contributed by atoms with E-state index in [0.29, 0.717) is 19.4 Å². The van der Waals surface area contributed by atoms with Crippen LogP contribution >= 0.6 is 0 Å². The summed E-state index contributed by atoms with van der Waals surface area (Å²) in [6.07, 6.45) is 1.96. The van der Waals surface area contributed by atoms with E-state index in [1.165, 1.54) is 0 Å². The molecule has 14 nitrogen and oxygen atoms in total. The number of carbonyl (C=O) groups excluding carboxylic acids is 3. The molecule has 0 aliphatic rings. The third kappa shape index (κ3) is 8.83. The van der Waals surface area contributed by atoms with Gasteiger partial charge in [-0.1, -0.05) is 18.2 Å². The Bertz CT molecular complexity index is 1140. The Labute approximate surface area is 218 Å². The number of H-pyrrole nitrogens is 1. The summed E-state index contributed by atoms with van der Waals surface area (Å²) in [7, 11) is 0. The standard InChI is InChI=1S/C24H34N6O8/c25-8-4-3-7-17(22(35)29-18(24(37)38)10-20(32)33)28-23(36)19(12-31)30-21(34)15(26)9-13-11-27-16-6-2-1-5-14(13)16/h1-2,5-6,11,15,17-19,27,31H,3-4,7-10,12,25-26H2,(H,28,36)(H,29,35)(H,30,34)(H,32,33)(H,37,38). The van der Waals surface area contributed by atoms with E-state index in [4.69, 9.17) is 16.6 Å². The molecule has 0 fully saturated rings. The highest BCUT2D eigenvalue weighted by atomic mass is 16.4. The van der Waals surface area contributed by atoms with Gasteiger partial charge >= 0.3 is 11.9 Å². The maximum absolute atomic E-state index is 12.8. The molecule has 3 amide bonds. The number of carboxylic acids is 2. The molecule has 11 N–H and O–H groups in total. The number of aliphatic hydroxyl groups is 1. The molecular weight excluding hydrogens is 500 g/mol. The molecule has 0 radical (unpaired) electrons. The molecule has 0 saturated carbocycles. The van der Waals surface area contributed by atoms with Crippen molar-refractivity contribution in [2.75, 3.05) is 13.2 Å². The number of para-hydroxylation sites is 1. The fourth-order valence-corrected chi connectivity index (χ4v) is 3.78. The maximum Gasteiger partial charge on any atom is 0.326 e. The minimum Gasteiger partial charge on any atom is -0.481 e. The van der Waals surface area contributed by atoms with Crippen molar-refractivity contribution in [1.29, 1.82) is 0 Å². The van der Waals surface area contributed by atoms with Crippen LogP contribution in [0.25, 0.3) is 10.9 Å². The summed E-state index contributed by atoms with van der Waals surface area (Å²) >= 11 is 0. The van der Waals surface area contributed by atoms with Gasteiger partial charge in [-0.05, 0) is 43.9 Å². The number of fused-ring (bicyclic) bond motifs is 1. The normalized spacial score (nSPS) is 14.2. The van der Waals surface area contributed by atoms with Gasteiger partial charge in [-0.25, -0.2) is 4.79 Å². The van der Waals surface area contributed by atoms with Gasteiger partial charge in [0, 0.05) is 17.1 Å². The van der Waals surface area contributed by atoms with Gasteiger partial charge < -0.3 is 47.7 Å². The van der Waals surface area contributed by atoms with Crippen LogP contribution in [0.1, 0.15) is 31.2 Å². The summed E-state index contributed by atoms with van der Waals surface area (Å²) in [5.41, 5.74) is 13.2. The second kappa shape index (κ2) is 14.7. The Balaban J connectivity index is 2.05. The van der Waals surface area contributed by atoms with Gasteiger partial charge in [0.2, 0.25) is 17.7 Å². The summed E-state index contributed by atoms with van der Waals surface area (Å²) in [6.45, 7) is -0.492. The molecule has 0 aliphatic carbocycles. The van der Waals surface area contributed by atoms with Crippen LogP contribution in [0, 0.1) is 0 Å².